The molecule has 118 valence electrons. The lowest BCUT2D eigenvalue weighted by atomic mass is 10.1. The second-order valence-corrected chi connectivity index (χ2v) is 6.65. The van der Waals surface area contributed by atoms with Crippen molar-refractivity contribution in [3.63, 3.8) is 0 Å². The van der Waals surface area contributed by atoms with Crippen LogP contribution in [0.5, 0.6) is 5.75 Å². The van der Waals surface area contributed by atoms with Crippen molar-refractivity contribution in [2.24, 2.45) is 10.1 Å². The van der Waals surface area contributed by atoms with E-state index in [1.165, 1.54) is 30.0 Å². The van der Waals surface area contributed by atoms with Gasteiger partial charge in [-0.05, 0) is 36.9 Å². The van der Waals surface area contributed by atoms with E-state index in [9.17, 15) is 4.79 Å². The second kappa shape index (κ2) is 5.99. The molecule has 0 atom stereocenters. The molecule has 0 fully saturated rings. The quantitative estimate of drug-likeness (QED) is 0.808. The fraction of sp³-hybridized carbons (Fsp3) is 0.143. The van der Waals surface area contributed by atoms with Crippen LogP contribution in [0.4, 0.5) is 0 Å². The van der Waals surface area contributed by atoms with Crippen LogP contribution < -0.4 is 4.74 Å². The zero-order valence-electron chi connectivity index (χ0n) is 12.1. The Balaban J connectivity index is 2.10. The number of nitrogens with one attached hydrogen (secondary N) is 1. The van der Waals surface area contributed by atoms with E-state index in [1.54, 1.807) is 19.1 Å². The first-order chi connectivity index (χ1) is 10.9. The zero-order valence-corrected chi connectivity index (χ0v) is 14.4. The van der Waals surface area contributed by atoms with Crippen LogP contribution in [0.25, 0.3) is 6.08 Å². The van der Waals surface area contributed by atoms with Gasteiger partial charge in [-0.3, -0.25) is 10.2 Å². The molecule has 2 heterocycles. The Bertz CT molecular complexity index is 832. The Labute approximate surface area is 146 Å². The summed E-state index contributed by atoms with van der Waals surface area (Å²) in [5.74, 6) is -0.200. The highest BCUT2D eigenvalue weighted by Crippen LogP contribution is 2.35. The van der Waals surface area contributed by atoms with Crippen LogP contribution in [0.2, 0.25) is 10.0 Å². The van der Waals surface area contributed by atoms with Crippen molar-refractivity contribution in [1.82, 2.24) is 5.01 Å². The van der Waals surface area contributed by atoms with Gasteiger partial charge in [0, 0.05) is 10.6 Å². The van der Waals surface area contributed by atoms with Crippen LogP contribution in [0.15, 0.2) is 27.8 Å². The molecule has 0 saturated carbocycles. The number of nitrogens with zero attached hydrogens (tertiary/aromatic N) is 3. The minimum atomic E-state index is -0.517. The van der Waals surface area contributed by atoms with Crippen molar-refractivity contribution in [3.05, 3.63) is 33.3 Å². The molecule has 0 unspecified atom stereocenters. The van der Waals surface area contributed by atoms with E-state index >= 15 is 0 Å². The van der Waals surface area contributed by atoms with E-state index in [2.05, 4.69) is 10.1 Å². The number of fused-ring (bicyclic) bond motifs is 1. The molecule has 0 spiro atoms. The number of methoxy groups -OCH3 is 1. The van der Waals surface area contributed by atoms with Crippen LogP contribution in [0, 0.1) is 5.41 Å². The third-order valence-electron chi connectivity index (χ3n) is 3.10. The van der Waals surface area contributed by atoms with Gasteiger partial charge >= 0.3 is 0 Å². The second-order valence-electron chi connectivity index (χ2n) is 4.65. The first-order valence-electron chi connectivity index (χ1n) is 6.40. The van der Waals surface area contributed by atoms with E-state index in [-0.39, 0.29) is 11.4 Å². The molecule has 0 bridgehead atoms. The number of amidine groups is 2. The van der Waals surface area contributed by atoms with Gasteiger partial charge in [0.05, 0.1) is 22.7 Å². The zero-order chi connectivity index (χ0) is 16.7. The number of ether oxygens (including phenoxy) is 1. The number of rotatable bonds is 2. The smallest absolute Gasteiger partial charge is 0.283 e. The van der Waals surface area contributed by atoms with Crippen molar-refractivity contribution < 1.29 is 9.53 Å². The van der Waals surface area contributed by atoms with Gasteiger partial charge in [0.15, 0.2) is 5.84 Å². The molecule has 0 saturated heterocycles. The first kappa shape index (κ1) is 16.0. The molecule has 1 aromatic rings. The highest BCUT2D eigenvalue weighted by atomic mass is 35.5. The highest BCUT2D eigenvalue weighted by Gasteiger charge is 2.34. The molecule has 1 N–H and O–H groups in total. The lowest BCUT2D eigenvalue weighted by Gasteiger charge is -2.20. The summed E-state index contributed by atoms with van der Waals surface area (Å²) >= 11 is 13.3. The number of aliphatic imine (C=N–C) groups is 1. The summed E-state index contributed by atoms with van der Waals surface area (Å²) in [6.07, 6.45) is 1.48. The van der Waals surface area contributed by atoms with Gasteiger partial charge < -0.3 is 4.74 Å². The van der Waals surface area contributed by atoms with E-state index in [0.717, 1.165) is 0 Å². The third-order valence-corrected chi connectivity index (χ3v) is 4.42. The number of hydrazone groups is 1. The fourth-order valence-electron chi connectivity index (χ4n) is 2.15. The van der Waals surface area contributed by atoms with Crippen molar-refractivity contribution in [1.29, 1.82) is 5.41 Å². The maximum absolute atomic E-state index is 12.2. The molecular formula is C14H10Cl2N4O2S. The number of hydrogen-bond donors (Lipinski definition) is 1. The average molecular weight is 369 g/mol. The van der Waals surface area contributed by atoms with Crippen LogP contribution in [0.1, 0.15) is 12.5 Å². The van der Waals surface area contributed by atoms with Crippen molar-refractivity contribution >= 4 is 63.0 Å². The summed E-state index contributed by atoms with van der Waals surface area (Å²) in [6, 6.07) is 3.14. The van der Waals surface area contributed by atoms with Gasteiger partial charge in [0.25, 0.3) is 5.91 Å². The van der Waals surface area contributed by atoms with E-state index in [1.807, 2.05) is 0 Å². The monoisotopic (exact) mass is 368 g/mol. The van der Waals surface area contributed by atoms with E-state index in [4.69, 9.17) is 33.3 Å². The Kier molecular flexibility index (Phi) is 4.18. The molecule has 23 heavy (non-hydrogen) atoms. The number of halogens is 2. The Morgan fingerprint density at radius 1 is 1.39 bits per heavy atom. The third kappa shape index (κ3) is 2.87. The van der Waals surface area contributed by atoms with Gasteiger partial charge in [0.2, 0.25) is 5.17 Å². The molecule has 0 aromatic heterocycles. The molecule has 6 nitrogen and oxygen atoms in total. The molecular weight excluding hydrogens is 359 g/mol. The molecule has 0 radical (unpaired) electrons. The van der Waals surface area contributed by atoms with Crippen LogP contribution >= 0.6 is 35.0 Å². The number of carbonyl (C=O) groups excluding carboxylic acids is 1. The predicted octanol–water partition coefficient (Wildman–Crippen LogP) is 3.64. The topological polar surface area (TPSA) is 78.1 Å². The number of carbonyl (C=O) groups is 1. The Hall–Kier alpha value is -1.83. The SMILES string of the molecule is COc1c(Cl)cc(Cl)cc1C=C1C(=N)N2N=C(C)SC2=NC1=O. The van der Waals surface area contributed by atoms with Gasteiger partial charge in [-0.15, -0.1) is 0 Å². The summed E-state index contributed by atoms with van der Waals surface area (Å²) in [5, 5.41) is 15.5. The normalized spacial score (nSPS) is 19.0. The number of amides is 1. The Morgan fingerprint density at radius 3 is 2.83 bits per heavy atom. The van der Waals surface area contributed by atoms with Gasteiger partial charge in [0.1, 0.15) is 5.75 Å². The molecule has 9 heteroatoms. The van der Waals surface area contributed by atoms with Crippen molar-refractivity contribution in [2.45, 2.75) is 6.92 Å². The molecule has 0 aliphatic carbocycles. The number of hydrogen-bond acceptors (Lipinski definition) is 5. The maximum atomic E-state index is 12.2. The van der Waals surface area contributed by atoms with Gasteiger partial charge in [-0.25, -0.2) is 0 Å². The van der Waals surface area contributed by atoms with Crippen LogP contribution in [-0.4, -0.2) is 34.1 Å². The summed E-state index contributed by atoms with van der Waals surface area (Å²) in [5.41, 5.74) is 0.578. The van der Waals surface area contributed by atoms with Crippen molar-refractivity contribution in [2.75, 3.05) is 7.11 Å². The van der Waals surface area contributed by atoms with E-state index in [0.29, 0.717) is 31.6 Å². The maximum Gasteiger partial charge on any atom is 0.283 e. The number of thioether (sulfide) groups is 1. The fourth-order valence-corrected chi connectivity index (χ4v) is 3.47. The summed E-state index contributed by atoms with van der Waals surface area (Å²) in [7, 11) is 1.46. The van der Waals surface area contributed by atoms with E-state index < -0.39 is 5.91 Å². The van der Waals surface area contributed by atoms with Crippen molar-refractivity contribution in [3.8, 4) is 5.75 Å². The molecule has 1 amide bonds. The average Bonchev–Trinajstić information content (AvgIpc) is 2.83. The first-order valence-corrected chi connectivity index (χ1v) is 7.98. The minimum absolute atomic E-state index is 0.0532. The van der Waals surface area contributed by atoms with Gasteiger partial charge in [-0.1, -0.05) is 23.2 Å². The molecule has 1 aromatic carbocycles. The largest absolute Gasteiger partial charge is 0.495 e. The lowest BCUT2D eigenvalue weighted by molar-refractivity contribution is -0.114. The summed E-state index contributed by atoms with van der Waals surface area (Å²) in [6.45, 7) is 1.78. The van der Waals surface area contributed by atoms with Crippen LogP contribution in [0.3, 0.4) is 0 Å². The Morgan fingerprint density at radius 2 is 2.13 bits per heavy atom. The standard InChI is InChI=1S/C14H10Cl2N4O2S/c1-6-19-20-12(17)9(13(21)18-14(20)23-6)4-7-3-8(15)5-10(16)11(7)22-2/h3-5,17H,1-2H3. The molecule has 3 rings (SSSR count). The highest BCUT2D eigenvalue weighted by molar-refractivity contribution is 8.26. The van der Waals surface area contributed by atoms with Crippen LogP contribution in [-0.2, 0) is 4.79 Å². The number of benzene rings is 1. The predicted molar refractivity (Wildman–Crippen MR) is 93.7 cm³/mol. The minimum Gasteiger partial charge on any atom is -0.495 e. The summed E-state index contributed by atoms with van der Waals surface area (Å²) in [4.78, 5) is 16.2. The summed E-state index contributed by atoms with van der Waals surface area (Å²) < 4.78 is 5.25. The molecule has 2 aliphatic heterocycles. The molecule has 2 aliphatic rings. The lowest BCUT2D eigenvalue weighted by Crippen LogP contribution is -2.35. The van der Waals surface area contributed by atoms with Gasteiger partial charge in [-0.2, -0.15) is 15.1 Å².